The van der Waals surface area contributed by atoms with Crippen molar-refractivity contribution >= 4 is 5.91 Å². The van der Waals surface area contributed by atoms with Crippen molar-refractivity contribution < 1.29 is 14.3 Å². The third-order valence-corrected chi connectivity index (χ3v) is 4.21. The van der Waals surface area contributed by atoms with Crippen LogP contribution in [0, 0.1) is 0 Å². The lowest BCUT2D eigenvalue weighted by Crippen LogP contribution is -2.29. The maximum atomic E-state index is 11.6. The lowest BCUT2D eigenvalue weighted by Gasteiger charge is -2.30. The molecule has 4 nitrogen and oxygen atoms in total. The van der Waals surface area contributed by atoms with Crippen LogP contribution < -0.4 is 15.2 Å². The summed E-state index contributed by atoms with van der Waals surface area (Å²) in [5.41, 5.74) is 6.33. The smallest absolute Gasteiger partial charge is 0.218 e. The van der Waals surface area contributed by atoms with Crippen molar-refractivity contribution in [2.75, 3.05) is 13.2 Å². The molecule has 0 heterocycles. The Kier molecular flexibility index (Phi) is 8.66. The fourth-order valence-corrected chi connectivity index (χ4v) is 2.83. The van der Waals surface area contributed by atoms with Gasteiger partial charge in [0.25, 0.3) is 0 Å². The first kappa shape index (κ1) is 20.3. The number of ether oxygens (including phenoxy) is 2. The highest BCUT2D eigenvalue weighted by Gasteiger charge is 2.29. The Morgan fingerprint density at radius 2 is 1.67 bits per heavy atom. The molecule has 0 saturated heterocycles. The summed E-state index contributed by atoms with van der Waals surface area (Å²) in [4.78, 5) is 11.6. The Hall–Kier alpha value is -1.71. The van der Waals surface area contributed by atoms with Gasteiger partial charge in [-0.25, -0.2) is 0 Å². The number of hydrogen-bond acceptors (Lipinski definition) is 3. The molecule has 1 aromatic carbocycles. The Morgan fingerprint density at radius 3 is 2.21 bits per heavy atom. The summed E-state index contributed by atoms with van der Waals surface area (Å²) >= 11 is 0. The minimum absolute atomic E-state index is 0.268. The first-order valence-corrected chi connectivity index (χ1v) is 9.15. The third kappa shape index (κ3) is 6.06. The molecule has 1 rings (SSSR count). The fraction of sp³-hybridized carbons (Fsp3) is 0.650. The summed E-state index contributed by atoms with van der Waals surface area (Å²) in [5, 5.41) is 0. The Balaban J connectivity index is 3.15. The monoisotopic (exact) mass is 335 g/mol. The molecule has 0 bridgehead atoms. The van der Waals surface area contributed by atoms with Crippen molar-refractivity contribution in [2.45, 2.75) is 71.6 Å². The zero-order chi connectivity index (χ0) is 18.0. The van der Waals surface area contributed by atoms with Gasteiger partial charge in [0.2, 0.25) is 5.91 Å². The largest absolute Gasteiger partial charge is 0.490 e. The van der Waals surface area contributed by atoms with Gasteiger partial charge in [-0.15, -0.1) is 0 Å². The van der Waals surface area contributed by atoms with E-state index in [1.807, 2.05) is 18.2 Å². The summed E-state index contributed by atoms with van der Waals surface area (Å²) in [5.74, 6) is 1.26. The lowest BCUT2D eigenvalue weighted by molar-refractivity contribution is -0.119. The number of benzene rings is 1. The molecule has 0 spiro atoms. The molecule has 0 aromatic heterocycles. The highest BCUT2D eigenvalue weighted by molar-refractivity contribution is 5.75. The quantitative estimate of drug-likeness (QED) is 0.608. The van der Waals surface area contributed by atoms with Crippen LogP contribution in [0.15, 0.2) is 18.2 Å². The molecule has 1 amide bonds. The van der Waals surface area contributed by atoms with E-state index >= 15 is 0 Å². The van der Waals surface area contributed by atoms with Gasteiger partial charge in [0.15, 0.2) is 11.5 Å². The molecule has 24 heavy (non-hydrogen) atoms. The first-order chi connectivity index (χ1) is 11.5. The van der Waals surface area contributed by atoms with E-state index in [1.165, 1.54) is 0 Å². The fourth-order valence-electron chi connectivity index (χ4n) is 2.83. The number of carbonyl (C=O) groups is 1. The molecular weight excluding hydrogens is 302 g/mol. The van der Waals surface area contributed by atoms with Crippen LogP contribution in [-0.4, -0.2) is 19.1 Å². The zero-order valence-electron chi connectivity index (χ0n) is 15.7. The number of hydrogen-bond donors (Lipinski definition) is 1. The van der Waals surface area contributed by atoms with E-state index in [0.29, 0.717) is 19.6 Å². The van der Waals surface area contributed by atoms with Gasteiger partial charge >= 0.3 is 0 Å². The van der Waals surface area contributed by atoms with E-state index in [4.69, 9.17) is 15.2 Å². The van der Waals surface area contributed by atoms with Crippen molar-refractivity contribution in [3.05, 3.63) is 23.8 Å². The second-order valence-electron chi connectivity index (χ2n) is 6.67. The van der Waals surface area contributed by atoms with Gasteiger partial charge in [0, 0.05) is 11.8 Å². The molecule has 0 aliphatic rings. The number of carbonyl (C=O) groups excluding carboxylic acids is 1. The van der Waals surface area contributed by atoms with Crippen molar-refractivity contribution in [1.82, 2.24) is 0 Å². The predicted molar refractivity (Wildman–Crippen MR) is 98.7 cm³/mol. The number of amides is 1. The van der Waals surface area contributed by atoms with Gasteiger partial charge in [-0.1, -0.05) is 46.6 Å². The minimum Gasteiger partial charge on any atom is -0.490 e. The van der Waals surface area contributed by atoms with E-state index in [9.17, 15) is 4.79 Å². The molecule has 0 saturated carbocycles. The number of nitrogens with two attached hydrogens (primary N) is 1. The Morgan fingerprint density at radius 1 is 1.04 bits per heavy atom. The predicted octanol–water partition coefficient (Wildman–Crippen LogP) is 4.59. The Bertz CT molecular complexity index is 516. The second-order valence-corrected chi connectivity index (χ2v) is 6.67. The highest BCUT2D eigenvalue weighted by Crippen LogP contribution is 2.38. The molecule has 1 unspecified atom stereocenters. The standard InChI is InChI=1S/C20H33NO3/c1-5-8-11-20(4,15-19(21)22)16-9-10-17(23-12-6-2)18(14-16)24-13-7-3/h9-10,14H,5-8,11-13,15H2,1-4H3,(H2,21,22). The normalized spacial score (nSPS) is 13.3. The number of primary amides is 1. The average Bonchev–Trinajstić information content (AvgIpc) is 2.56. The van der Waals surface area contributed by atoms with E-state index in [0.717, 1.165) is 49.2 Å². The maximum Gasteiger partial charge on any atom is 0.218 e. The van der Waals surface area contributed by atoms with Crippen molar-refractivity contribution in [2.24, 2.45) is 5.73 Å². The van der Waals surface area contributed by atoms with Crippen LogP contribution in [0.2, 0.25) is 0 Å². The van der Waals surface area contributed by atoms with Gasteiger partial charge in [-0.2, -0.15) is 0 Å². The summed E-state index contributed by atoms with van der Waals surface area (Å²) in [7, 11) is 0. The van der Waals surface area contributed by atoms with Gasteiger partial charge in [-0.05, 0) is 37.0 Å². The van der Waals surface area contributed by atoms with E-state index < -0.39 is 0 Å². The summed E-state index contributed by atoms with van der Waals surface area (Å²) < 4.78 is 11.7. The van der Waals surface area contributed by atoms with Crippen molar-refractivity contribution in [3.8, 4) is 11.5 Å². The van der Waals surface area contributed by atoms with Crippen LogP contribution in [0.1, 0.15) is 71.8 Å². The zero-order valence-corrected chi connectivity index (χ0v) is 15.7. The molecule has 136 valence electrons. The van der Waals surface area contributed by atoms with Gasteiger partial charge < -0.3 is 15.2 Å². The molecule has 4 heteroatoms. The van der Waals surface area contributed by atoms with Gasteiger partial charge in [0.05, 0.1) is 13.2 Å². The Labute approximate surface area is 146 Å². The van der Waals surface area contributed by atoms with E-state index in [-0.39, 0.29) is 11.3 Å². The molecule has 0 aliphatic heterocycles. The van der Waals surface area contributed by atoms with Crippen LogP contribution in [0.25, 0.3) is 0 Å². The number of rotatable bonds is 12. The highest BCUT2D eigenvalue weighted by atomic mass is 16.5. The topological polar surface area (TPSA) is 61.6 Å². The molecular formula is C20H33NO3. The maximum absolute atomic E-state index is 11.6. The van der Waals surface area contributed by atoms with Crippen LogP contribution in [0.3, 0.4) is 0 Å². The molecule has 1 aromatic rings. The molecule has 0 aliphatic carbocycles. The van der Waals surface area contributed by atoms with Gasteiger partial charge in [0.1, 0.15) is 0 Å². The van der Waals surface area contributed by atoms with E-state index in [2.05, 4.69) is 27.7 Å². The second kappa shape index (κ2) is 10.2. The van der Waals surface area contributed by atoms with Crippen LogP contribution in [0.5, 0.6) is 11.5 Å². The third-order valence-electron chi connectivity index (χ3n) is 4.21. The SMILES string of the molecule is CCCCC(C)(CC(N)=O)c1ccc(OCCC)c(OCCC)c1. The van der Waals surface area contributed by atoms with Crippen LogP contribution in [0.4, 0.5) is 0 Å². The van der Waals surface area contributed by atoms with Crippen LogP contribution in [-0.2, 0) is 10.2 Å². The molecule has 1 atom stereocenters. The average molecular weight is 335 g/mol. The molecule has 0 radical (unpaired) electrons. The van der Waals surface area contributed by atoms with Crippen molar-refractivity contribution in [3.63, 3.8) is 0 Å². The minimum atomic E-state index is -0.268. The summed E-state index contributed by atoms with van der Waals surface area (Å²) in [6.45, 7) is 9.73. The van der Waals surface area contributed by atoms with Crippen molar-refractivity contribution in [1.29, 1.82) is 0 Å². The molecule has 2 N–H and O–H groups in total. The lowest BCUT2D eigenvalue weighted by atomic mass is 9.75. The summed E-state index contributed by atoms with van der Waals surface area (Å²) in [6.07, 6.45) is 5.30. The van der Waals surface area contributed by atoms with Gasteiger partial charge in [-0.3, -0.25) is 4.79 Å². The first-order valence-electron chi connectivity index (χ1n) is 9.15. The van der Waals surface area contributed by atoms with Crippen LogP contribution >= 0.6 is 0 Å². The van der Waals surface area contributed by atoms with E-state index in [1.54, 1.807) is 0 Å². The number of unbranched alkanes of at least 4 members (excludes halogenated alkanes) is 1. The summed E-state index contributed by atoms with van der Waals surface area (Å²) in [6, 6.07) is 6.03. The molecule has 0 fully saturated rings.